The predicted octanol–water partition coefficient (Wildman–Crippen LogP) is 11.6. The third-order valence-electron chi connectivity index (χ3n) is 7.87. The highest BCUT2D eigenvalue weighted by atomic mass is 31.2. The van der Waals surface area contributed by atoms with Crippen LogP contribution >= 0.6 is 7.82 Å². The second kappa shape index (κ2) is 37.3. The molecule has 56 heavy (non-hydrogen) atoms. The predicted molar refractivity (Wildman–Crippen MR) is 233 cm³/mol. The number of ether oxygens (including phenoxy) is 2. The van der Waals surface area contributed by atoms with Crippen molar-refractivity contribution in [1.29, 1.82) is 0 Å². The Labute approximate surface area is 340 Å². The smallest absolute Gasteiger partial charge is 0.462 e. The zero-order valence-electron chi connectivity index (χ0n) is 35.3. The number of rotatable bonds is 35. The van der Waals surface area contributed by atoms with Crippen molar-refractivity contribution in [2.24, 2.45) is 0 Å². The Bertz CT molecular complexity index is 1320. The molecule has 0 fully saturated rings. The Hall–Kier alpha value is -3.33. The summed E-state index contributed by atoms with van der Waals surface area (Å²) in [7, 11) is 1.40. The summed E-state index contributed by atoms with van der Waals surface area (Å²) < 4.78 is 34.1. The molecule has 0 heterocycles. The fourth-order valence-corrected chi connectivity index (χ4v) is 5.43. The van der Waals surface area contributed by atoms with Crippen LogP contribution in [0, 0.1) is 0 Å². The molecule has 0 aliphatic carbocycles. The van der Waals surface area contributed by atoms with Gasteiger partial charge in [-0.3, -0.25) is 18.6 Å². The molecule has 0 saturated carbocycles. The quantitative estimate of drug-likeness (QED) is 0.0169. The van der Waals surface area contributed by atoms with E-state index in [1.807, 2.05) is 51.5 Å². The fourth-order valence-electron chi connectivity index (χ4n) is 4.68. The molecule has 0 aromatic carbocycles. The Balaban J connectivity index is 4.56. The van der Waals surface area contributed by atoms with Gasteiger partial charge in [0, 0.05) is 12.8 Å². The van der Waals surface area contributed by atoms with Gasteiger partial charge < -0.3 is 18.9 Å². The van der Waals surface area contributed by atoms with Crippen molar-refractivity contribution in [3.05, 3.63) is 109 Å². The highest BCUT2D eigenvalue weighted by Gasteiger charge is 2.27. The standard InChI is InChI=1S/C46H74NO8P/c1-6-8-10-12-14-16-18-20-21-22-23-24-25-27-28-30-32-34-36-38-45(48)52-42-44(43-54-56(50,51)53-41-40-47(3,4)5)55-46(49)39-37-35-33-31-29-26-19-17-15-13-11-9-7-2/h8-11,13-17,19-21,23-24,27-28,32,34,44H,6-7,12,18,22,25-26,29-31,33,35-43H2,1-5H3/p+1/b10-8+,11-9+,15-13+,16-14+,19-17+,21-20+,24-23+,28-27+,34-32+. The maximum absolute atomic E-state index is 12.6. The van der Waals surface area contributed by atoms with Gasteiger partial charge in [-0.05, 0) is 70.6 Å². The third-order valence-corrected chi connectivity index (χ3v) is 8.86. The molecule has 10 heteroatoms. The van der Waals surface area contributed by atoms with Gasteiger partial charge in [-0.15, -0.1) is 0 Å². The molecule has 0 amide bonds. The summed E-state index contributed by atoms with van der Waals surface area (Å²) in [5.41, 5.74) is 0. The van der Waals surface area contributed by atoms with Crippen molar-refractivity contribution < 1.29 is 42.1 Å². The highest BCUT2D eigenvalue weighted by molar-refractivity contribution is 7.47. The first-order valence-electron chi connectivity index (χ1n) is 20.6. The minimum absolute atomic E-state index is 0.00922. The van der Waals surface area contributed by atoms with Crippen LogP contribution in [0.2, 0.25) is 0 Å². The Morgan fingerprint density at radius 2 is 1.09 bits per heavy atom. The second-order valence-corrected chi connectivity index (χ2v) is 15.8. The lowest BCUT2D eigenvalue weighted by Crippen LogP contribution is -2.37. The molecular weight excluding hydrogens is 725 g/mol. The van der Waals surface area contributed by atoms with E-state index in [0.717, 1.165) is 77.0 Å². The third kappa shape index (κ3) is 40.3. The average molecular weight is 801 g/mol. The monoisotopic (exact) mass is 801 g/mol. The van der Waals surface area contributed by atoms with E-state index in [-0.39, 0.29) is 26.1 Å². The van der Waals surface area contributed by atoms with Crippen LogP contribution in [0.3, 0.4) is 0 Å². The zero-order chi connectivity index (χ0) is 41.4. The Morgan fingerprint density at radius 3 is 1.66 bits per heavy atom. The molecule has 0 rings (SSSR count). The number of carbonyl (C=O) groups excluding carboxylic acids is 2. The van der Waals surface area contributed by atoms with Crippen molar-refractivity contribution in [2.45, 2.75) is 123 Å². The maximum Gasteiger partial charge on any atom is 0.472 e. The number of hydrogen-bond donors (Lipinski definition) is 1. The molecule has 0 aromatic rings. The van der Waals surface area contributed by atoms with Gasteiger partial charge in [0.25, 0.3) is 0 Å². The minimum atomic E-state index is -4.40. The minimum Gasteiger partial charge on any atom is -0.462 e. The van der Waals surface area contributed by atoms with Gasteiger partial charge in [0.15, 0.2) is 6.10 Å². The highest BCUT2D eigenvalue weighted by Crippen LogP contribution is 2.43. The Morgan fingerprint density at radius 1 is 0.571 bits per heavy atom. The van der Waals surface area contributed by atoms with Crippen LogP contribution in [-0.2, 0) is 32.7 Å². The molecule has 0 bridgehead atoms. The SMILES string of the molecule is CC/C=C/C=C/C=C/CCCCCCCC(=O)OC(COC(=O)CC/C=C/C/C=C/C/C=C/C/C=C/C/C=C/C/C=C/CC)COP(=O)(O)OCC[N+](C)(C)C. The van der Waals surface area contributed by atoms with E-state index in [0.29, 0.717) is 23.9 Å². The van der Waals surface area contributed by atoms with Crippen LogP contribution in [-0.4, -0.2) is 74.9 Å². The number of likely N-dealkylation sites (N-methyl/N-ethyl adjacent to an activating group) is 1. The fraction of sp³-hybridized carbons (Fsp3) is 0.565. The lowest BCUT2D eigenvalue weighted by atomic mass is 10.1. The average Bonchev–Trinajstić information content (AvgIpc) is 3.15. The molecule has 0 aliphatic rings. The summed E-state index contributed by atoms with van der Waals surface area (Å²) in [4.78, 5) is 35.2. The normalized spacial score (nSPS) is 14.8. The van der Waals surface area contributed by atoms with Gasteiger partial charge in [0.1, 0.15) is 19.8 Å². The van der Waals surface area contributed by atoms with E-state index >= 15 is 0 Å². The molecule has 0 spiro atoms. The van der Waals surface area contributed by atoms with E-state index in [4.69, 9.17) is 18.5 Å². The van der Waals surface area contributed by atoms with E-state index in [1.54, 1.807) is 0 Å². The number of unbranched alkanes of at least 4 members (excludes halogenated alkanes) is 5. The van der Waals surface area contributed by atoms with Gasteiger partial charge in [0.05, 0.1) is 27.7 Å². The molecule has 0 saturated heterocycles. The molecule has 0 aromatic heterocycles. The summed E-state index contributed by atoms with van der Waals surface area (Å²) in [5, 5.41) is 0. The van der Waals surface area contributed by atoms with Crippen molar-refractivity contribution in [1.82, 2.24) is 0 Å². The molecular formula is C46H75NO8P+. The summed E-state index contributed by atoms with van der Waals surface area (Å²) in [6, 6.07) is 0. The van der Waals surface area contributed by atoms with E-state index in [1.165, 1.54) is 0 Å². The Kier molecular flexibility index (Phi) is 35.0. The maximum atomic E-state index is 12.6. The number of hydrogen-bond acceptors (Lipinski definition) is 7. The summed E-state index contributed by atoms with van der Waals surface area (Å²) in [6.45, 7) is 4.02. The number of phosphoric ester groups is 1. The molecule has 0 radical (unpaired) electrons. The van der Waals surface area contributed by atoms with E-state index < -0.39 is 32.5 Å². The van der Waals surface area contributed by atoms with Crippen LogP contribution in [0.4, 0.5) is 0 Å². The second-order valence-electron chi connectivity index (χ2n) is 14.3. The molecule has 0 aliphatic heterocycles. The number of phosphoric acid groups is 1. The van der Waals surface area contributed by atoms with Crippen molar-refractivity contribution >= 4 is 19.8 Å². The lowest BCUT2D eigenvalue weighted by Gasteiger charge is -2.24. The number of nitrogens with zero attached hydrogens (tertiary/aromatic N) is 1. The molecule has 2 unspecified atom stereocenters. The largest absolute Gasteiger partial charge is 0.472 e. The first kappa shape index (κ1) is 52.7. The molecule has 1 N–H and O–H groups in total. The van der Waals surface area contributed by atoms with Crippen molar-refractivity contribution in [2.75, 3.05) is 47.5 Å². The first-order chi connectivity index (χ1) is 27.0. The van der Waals surface area contributed by atoms with Crippen LogP contribution in [0.25, 0.3) is 0 Å². The molecule has 316 valence electrons. The summed E-state index contributed by atoms with van der Waals surface area (Å²) in [6.07, 6.45) is 50.1. The van der Waals surface area contributed by atoms with Gasteiger partial charge in [0.2, 0.25) is 0 Å². The summed E-state index contributed by atoms with van der Waals surface area (Å²) >= 11 is 0. The number of esters is 2. The van der Waals surface area contributed by atoms with Crippen molar-refractivity contribution in [3.63, 3.8) is 0 Å². The topological polar surface area (TPSA) is 108 Å². The van der Waals surface area contributed by atoms with E-state index in [2.05, 4.69) is 92.8 Å². The zero-order valence-corrected chi connectivity index (χ0v) is 36.2. The van der Waals surface area contributed by atoms with Crippen LogP contribution in [0.5, 0.6) is 0 Å². The van der Waals surface area contributed by atoms with Gasteiger partial charge >= 0.3 is 19.8 Å². The summed E-state index contributed by atoms with van der Waals surface area (Å²) in [5.74, 6) is -0.936. The molecule has 2 atom stereocenters. The van der Waals surface area contributed by atoms with Crippen LogP contribution < -0.4 is 0 Å². The number of quaternary nitrogens is 1. The van der Waals surface area contributed by atoms with E-state index in [9.17, 15) is 19.0 Å². The van der Waals surface area contributed by atoms with Gasteiger partial charge in [-0.2, -0.15) is 0 Å². The number of carbonyl (C=O) groups is 2. The first-order valence-corrected chi connectivity index (χ1v) is 22.1. The lowest BCUT2D eigenvalue weighted by molar-refractivity contribution is -0.870. The van der Waals surface area contributed by atoms with Crippen LogP contribution in [0.1, 0.15) is 117 Å². The van der Waals surface area contributed by atoms with Crippen LogP contribution in [0.15, 0.2) is 109 Å². The van der Waals surface area contributed by atoms with Crippen molar-refractivity contribution in [3.8, 4) is 0 Å². The van der Waals surface area contributed by atoms with Gasteiger partial charge in [-0.1, -0.05) is 142 Å². The number of allylic oxidation sites excluding steroid dienone is 18. The van der Waals surface area contributed by atoms with Gasteiger partial charge in [-0.25, -0.2) is 4.57 Å². The molecule has 9 nitrogen and oxygen atoms in total.